The number of carbonyl (C=O) groups is 1. The van der Waals surface area contributed by atoms with Crippen molar-refractivity contribution in [2.45, 2.75) is 32.2 Å². The van der Waals surface area contributed by atoms with Gasteiger partial charge in [0.15, 0.2) is 0 Å². The highest BCUT2D eigenvalue weighted by atomic mass is 32.1. The molecule has 5 rings (SSSR count). The first kappa shape index (κ1) is 20.5. The second kappa shape index (κ2) is 8.63. The summed E-state index contributed by atoms with van der Waals surface area (Å²) in [5.41, 5.74) is 4.89. The Balaban J connectivity index is 1.32. The molecule has 4 aromatic rings. The van der Waals surface area contributed by atoms with Crippen molar-refractivity contribution in [3.05, 3.63) is 88.6 Å². The average Bonchev–Trinajstić information content (AvgIpc) is 3.54. The highest BCUT2D eigenvalue weighted by Gasteiger charge is 2.34. The molecule has 1 aliphatic rings. The SMILES string of the molecule is Cc1ncsc1-c1ccc(C(=O)N2CCC[C@H]2c2ncc(Cc3cccc(F)c3)o2)cn1. The number of nitrogens with zero attached hydrogens (tertiary/aromatic N) is 4. The summed E-state index contributed by atoms with van der Waals surface area (Å²) in [6.07, 6.45) is 5.40. The van der Waals surface area contributed by atoms with Crippen molar-refractivity contribution in [3.8, 4) is 10.6 Å². The predicted octanol–water partition coefficient (Wildman–Crippen LogP) is 5.21. The Hall–Kier alpha value is -3.39. The third-order valence-electron chi connectivity index (χ3n) is 5.63. The molecule has 1 atom stereocenters. The van der Waals surface area contributed by atoms with Crippen molar-refractivity contribution in [2.24, 2.45) is 0 Å². The number of benzene rings is 1. The lowest BCUT2D eigenvalue weighted by Crippen LogP contribution is -2.30. The maximum Gasteiger partial charge on any atom is 0.256 e. The summed E-state index contributed by atoms with van der Waals surface area (Å²) in [7, 11) is 0. The second-order valence-electron chi connectivity index (χ2n) is 7.83. The summed E-state index contributed by atoms with van der Waals surface area (Å²) in [6, 6.07) is 9.88. The topological polar surface area (TPSA) is 72.1 Å². The lowest BCUT2D eigenvalue weighted by atomic mass is 10.1. The first-order valence-corrected chi connectivity index (χ1v) is 11.3. The van der Waals surface area contributed by atoms with Gasteiger partial charge in [-0.05, 0) is 49.6 Å². The molecule has 0 N–H and O–H groups in total. The molecule has 0 bridgehead atoms. The summed E-state index contributed by atoms with van der Waals surface area (Å²) in [4.78, 5) is 29.2. The number of likely N-dealkylation sites (tertiary alicyclic amines) is 1. The molecule has 4 heterocycles. The zero-order valence-electron chi connectivity index (χ0n) is 17.5. The van der Waals surface area contributed by atoms with Gasteiger partial charge in [0, 0.05) is 19.2 Å². The Bertz CT molecular complexity index is 1250. The standard InChI is InChI=1S/C24H21FN4O2S/c1-15-22(32-14-28-15)20-8-7-17(12-26-20)24(30)29-9-3-6-21(29)23-27-13-19(31-23)11-16-4-2-5-18(25)10-16/h2,4-5,7-8,10,12-14,21H,3,6,9,11H2,1H3/t21-/m0/s1. The van der Waals surface area contributed by atoms with Crippen molar-refractivity contribution >= 4 is 17.2 Å². The zero-order valence-corrected chi connectivity index (χ0v) is 18.3. The minimum Gasteiger partial charge on any atom is -0.443 e. The Morgan fingerprint density at radius 1 is 1.22 bits per heavy atom. The molecule has 0 saturated carbocycles. The minimum atomic E-state index is -0.278. The van der Waals surface area contributed by atoms with Crippen LogP contribution in [0.3, 0.4) is 0 Å². The van der Waals surface area contributed by atoms with Gasteiger partial charge in [-0.1, -0.05) is 12.1 Å². The molecule has 162 valence electrons. The first-order chi connectivity index (χ1) is 15.6. The van der Waals surface area contributed by atoms with Crippen LogP contribution in [0, 0.1) is 12.7 Å². The fourth-order valence-corrected chi connectivity index (χ4v) is 4.82. The largest absolute Gasteiger partial charge is 0.443 e. The van der Waals surface area contributed by atoms with E-state index in [1.165, 1.54) is 23.5 Å². The van der Waals surface area contributed by atoms with E-state index in [-0.39, 0.29) is 17.8 Å². The van der Waals surface area contributed by atoms with E-state index in [1.54, 1.807) is 28.9 Å². The van der Waals surface area contributed by atoms with Crippen LogP contribution in [-0.2, 0) is 6.42 Å². The molecule has 3 aromatic heterocycles. The second-order valence-corrected chi connectivity index (χ2v) is 8.68. The van der Waals surface area contributed by atoms with Gasteiger partial charge < -0.3 is 9.32 Å². The highest BCUT2D eigenvalue weighted by Crippen LogP contribution is 2.33. The van der Waals surface area contributed by atoms with Gasteiger partial charge in [0.05, 0.1) is 33.5 Å². The van der Waals surface area contributed by atoms with E-state index in [9.17, 15) is 9.18 Å². The molecule has 6 nitrogen and oxygen atoms in total. The molecule has 1 saturated heterocycles. The van der Waals surface area contributed by atoms with Crippen LogP contribution in [0.4, 0.5) is 4.39 Å². The highest BCUT2D eigenvalue weighted by molar-refractivity contribution is 7.13. The summed E-state index contributed by atoms with van der Waals surface area (Å²) in [6.45, 7) is 2.58. The molecule has 1 aliphatic heterocycles. The van der Waals surface area contributed by atoms with E-state index in [0.29, 0.717) is 30.2 Å². The molecule has 1 aromatic carbocycles. The van der Waals surface area contributed by atoms with E-state index in [1.807, 2.05) is 25.1 Å². The molecule has 8 heteroatoms. The Labute approximate surface area is 188 Å². The number of hydrogen-bond acceptors (Lipinski definition) is 6. The van der Waals surface area contributed by atoms with Crippen molar-refractivity contribution in [1.82, 2.24) is 19.9 Å². The maximum absolute atomic E-state index is 13.4. The van der Waals surface area contributed by atoms with Crippen molar-refractivity contribution in [3.63, 3.8) is 0 Å². The van der Waals surface area contributed by atoms with Gasteiger partial charge in [0.1, 0.15) is 17.6 Å². The van der Waals surface area contributed by atoms with Crippen LogP contribution in [0.1, 0.15) is 52.1 Å². The van der Waals surface area contributed by atoms with Crippen LogP contribution in [0.5, 0.6) is 0 Å². The molecular formula is C24H21FN4O2S. The van der Waals surface area contributed by atoms with E-state index < -0.39 is 0 Å². The molecular weight excluding hydrogens is 427 g/mol. The smallest absolute Gasteiger partial charge is 0.256 e. The fourth-order valence-electron chi connectivity index (χ4n) is 4.04. The normalized spacial score (nSPS) is 15.9. The molecule has 32 heavy (non-hydrogen) atoms. The number of oxazole rings is 1. The lowest BCUT2D eigenvalue weighted by molar-refractivity contribution is 0.0714. The fraction of sp³-hybridized carbons (Fsp3) is 0.250. The summed E-state index contributed by atoms with van der Waals surface area (Å²) in [5.74, 6) is 0.806. The average molecular weight is 449 g/mol. The number of carbonyl (C=O) groups excluding carboxylic acids is 1. The third-order valence-corrected chi connectivity index (χ3v) is 6.58. The van der Waals surface area contributed by atoms with Crippen molar-refractivity contribution in [2.75, 3.05) is 6.54 Å². The van der Waals surface area contributed by atoms with Crippen LogP contribution in [0.15, 0.2) is 58.7 Å². The van der Waals surface area contributed by atoms with Crippen LogP contribution in [-0.4, -0.2) is 32.3 Å². The van der Waals surface area contributed by atoms with Crippen LogP contribution >= 0.6 is 11.3 Å². The number of rotatable bonds is 5. The van der Waals surface area contributed by atoms with Gasteiger partial charge in [-0.15, -0.1) is 11.3 Å². The number of thiazole rings is 1. The first-order valence-electron chi connectivity index (χ1n) is 10.4. The number of hydrogen-bond donors (Lipinski definition) is 0. The van der Waals surface area contributed by atoms with Crippen molar-refractivity contribution in [1.29, 1.82) is 0 Å². The Kier molecular flexibility index (Phi) is 5.53. The third kappa shape index (κ3) is 4.05. The van der Waals surface area contributed by atoms with Gasteiger partial charge in [-0.3, -0.25) is 9.78 Å². The van der Waals surface area contributed by atoms with E-state index in [0.717, 1.165) is 34.7 Å². The number of aryl methyl sites for hydroxylation is 1. The van der Waals surface area contributed by atoms with E-state index in [2.05, 4.69) is 15.0 Å². The molecule has 1 fully saturated rings. The Morgan fingerprint density at radius 2 is 2.12 bits per heavy atom. The zero-order chi connectivity index (χ0) is 22.1. The van der Waals surface area contributed by atoms with Gasteiger partial charge in [-0.2, -0.15) is 0 Å². The van der Waals surface area contributed by atoms with Gasteiger partial charge in [-0.25, -0.2) is 14.4 Å². The molecule has 0 radical (unpaired) electrons. The molecule has 0 unspecified atom stereocenters. The monoisotopic (exact) mass is 448 g/mol. The van der Waals surface area contributed by atoms with Crippen LogP contribution < -0.4 is 0 Å². The summed E-state index contributed by atoms with van der Waals surface area (Å²) in [5, 5.41) is 0. The summed E-state index contributed by atoms with van der Waals surface area (Å²) < 4.78 is 19.4. The van der Waals surface area contributed by atoms with Crippen LogP contribution in [0.25, 0.3) is 10.6 Å². The molecule has 1 amide bonds. The van der Waals surface area contributed by atoms with E-state index in [4.69, 9.17) is 4.42 Å². The van der Waals surface area contributed by atoms with Gasteiger partial charge >= 0.3 is 0 Å². The van der Waals surface area contributed by atoms with Gasteiger partial charge in [0.2, 0.25) is 5.89 Å². The van der Waals surface area contributed by atoms with E-state index >= 15 is 0 Å². The number of halogens is 1. The number of amides is 1. The minimum absolute atomic E-state index is 0.0857. The maximum atomic E-state index is 13.4. The van der Waals surface area contributed by atoms with Crippen LogP contribution in [0.2, 0.25) is 0 Å². The lowest BCUT2D eigenvalue weighted by Gasteiger charge is -2.22. The molecule has 0 aliphatic carbocycles. The number of aromatic nitrogens is 3. The van der Waals surface area contributed by atoms with Gasteiger partial charge in [0.25, 0.3) is 5.91 Å². The quantitative estimate of drug-likeness (QED) is 0.419. The summed E-state index contributed by atoms with van der Waals surface area (Å²) >= 11 is 1.53. The van der Waals surface area contributed by atoms with Crippen molar-refractivity contribution < 1.29 is 13.6 Å². The molecule has 0 spiro atoms. The predicted molar refractivity (Wildman–Crippen MR) is 119 cm³/mol. The Morgan fingerprint density at radius 3 is 2.88 bits per heavy atom. The number of pyridine rings is 1.